The highest BCUT2D eigenvalue weighted by molar-refractivity contribution is 7.90. The van der Waals surface area contributed by atoms with E-state index in [0.29, 0.717) is 11.5 Å². The van der Waals surface area contributed by atoms with Gasteiger partial charge < -0.3 is 19.9 Å². The Kier molecular flexibility index (Phi) is 6.36. The van der Waals surface area contributed by atoms with Crippen LogP contribution in [0.5, 0.6) is 0 Å². The number of amides is 1. The Hall–Kier alpha value is -3.21. The van der Waals surface area contributed by atoms with Crippen LogP contribution in [0.25, 0.3) is 11.0 Å². The second-order valence-electron chi connectivity index (χ2n) is 10.1. The summed E-state index contributed by atoms with van der Waals surface area (Å²) in [4.78, 5) is 21.1. The molecule has 2 fully saturated rings. The van der Waals surface area contributed by atoms with E-state index in [-0.39, 0.29) is 34.4 Å². The first-order valence-corrected chi connectivity index (χ1v) is 14.1. The number of sulfone groups is 1. The molecule has 1 amide bonds. The molecule has 2 saturated carbocycles. The molecule has 192 valence electrons. The van der Waals surface area contributed by atoms with Gasteiger partial charge in [-0.15, -0.1) is 0 Å². The van der Waals surface area contributed by atoms with Gasteiger partial charge in [-0.25, -0.2) is 27.6 Å². The van der Waals surface area contributed by atoms with Crippen molar-refractivity contribution in [3.05, 3.63) is 42.6 Å². The number of fused-ring (bicyclic) bond motifs is 1. The number of aromatic nitrogens is 3. The average Bonchev–Trinajstić information content (AvgIpc) is 3.44. The van der Waals surface area contributed by atoms with Crippen molar-refractivity contribution in [3.8, 4) is 0 Å². The predicted octanol–water partition coefficient (Wildman–Crippen LogP) is 4.87. The van der Waals surface area contributed by atoms with Crippen LogP contribution in [0.3, 0.4) is 0 Å². The number of ether oxygens (including phenoxy) is 1. The molecule has 2 N–H and O–H groups in total. The lowest BCUT2D eigenvalue weighted by Gasteiger charge is -2.23. The quantitative estimate of drug-likeness (QED) is 0.450. The number of hydrogen-bond donors (Lipinski definition) is 2. The largest absolute Gasteiger partial charge is 0.443 e. The number of benzene rings is 1. The molecule has 5 rings (SSSR count). The Balaban J connectivity index is 1.35. The van der Waals surface area contributed by atoms with Gasteiger partial charge in [-0.05, 0) is 63.3 Å². The molecule has 11 heteroatoms. The summed E-state index contributed by atoms with van der Waals surface area (Å²) in [6.07, 6.45) is 10.5. The van der Waals surface area contributed by atoms with Gasteiger partial charge in [0, 0.05) is 24.5 Å². The fourth-order valence-corrected chi connectivity index (χ4v) is 5.37. The zero-order valence-electron chi connectivity index (χ0n) is 20.3. The standard InChI is InChI=1S/C25H30FN5O4S/c1-25(10-11-25)35-24(32)29-16-5-3-4-6-17(13-16)31-12-9-19-22(27-15-28-23(19)31)30-21-8-7-18(14-20(21)26)36(2,33)34/h7-9,12,14-17H,3-6,10-11,13H2,1-2H3,(H,29,32)(H,27,28,30)/t16-,17+/m0/s1. The van der Waals surface area contributed by atoms with Crippen LogP contribution in [0, 0.1) is 5.82 Å². The summed E-state index contributed by atoms with van der Waals surface area (Å²) < 4.78 is 45.7. The Bertz CT molecular complexity index is 1400. The summed E-state index contributed by atoms with van der Waals surface area (Å²) in [5.74, 6) is -0.261. The third-order valence-corrected chi connectivity index (χ3v) is 8.15. The molecule has 0 aliphatic heterocycles. The highest BCUT2D eigenvalue weighted by atomic mass is 32.2. The highest BCUT2D eigenvalue weighted by Gasteiger charge is 2.42. The zero-order valence-corrected chi connectivity index (χ0v) is 21.1. The van der Waals surface area contributed by atoms with E-state index in [2.05, 4.69) is 25.2 Å². The van der Waals surface area contributed by atoms with Crippen molar-refractivity contribution in [1.82, 2.24) is 19.9 Å². The summed E-state index contributed by atoms with van der Waals surface area (Å²) >= 11 is 0. The number of carbonyl (C=O) groups is 1. The molecule has 0 unspecified atom stereocenters. The molecule has 0 spiro atoms. The third-order valence-electron chi connectivity index (χ3n) is 7.04. The SMILES string of the molecule is CC1(OC(=O)N[C@H]2CCCC[C@@H](n3ccc4c(Nc5ccc(S(C)(=O)=O)cc5F)ncnc43)C2)CC1. The molecule has 36 heavy (non-hydrogen) atoms. The second kappa shape index (κ2) is 9.34. The lowest BCUT2D eigenvalue weighted by atomic mass is 10.1. The number of alkyl carbamates (subject to hydrolysis) is 1. The molecule has 3 aromatic rings. The maximum Gasteiger partial charge on any atom is 0.407 e. The van der Waals surface area contributed by atoms with E-state index in [1.54, 1.807) is 0 Å². The summed E-state index contributed by atoms with van der Waals surface area (Å²) in [5.41, 5.74) is 0.520. The molecule has 2 atom stereocenters. The van der Waals surface area contributed by atoms with Gasteiger partial charge in [0.1, 0.15) is 29.2 Å². The summed E-state index contributed by atoms with van der Waals surface area (Å²) in [6.45, 7) is 1.95. The molecule has 2 aliphatic carbocycles. The van der Waals surface area contributed by atoms with E-state index in [4.69, 9.17) is 4.74 Å². The van der Waals surface area contributed by atoms with Gasteiger partial charge in [0.15, 0.2) is 9.84 Å². The molecule has 2 heterocycles. The minimum atomic E-state index is -3.51. The molecule has 9 nitrogen and oxygen atoms in total. The first-order valence-electron chi connectivity index (χ1n) is 12.2. The van der Waals surface area contributed by atoms with Crippen LogP contribution in [0.4, 0.5) is 20.7 Å². The summed E-state index contributed by atoms with van der Waals surface area (Å²) in [5, 5.41) is 6.76. The maximum absolute atomic E-state index is 14.6. The normalized spacial score (nSPS) is 21.5. The van der Waals surface area contributed by atoms with Crippen LogP contribution >= 0.6 is 0 Å². The van der Waals surface area contributed by atoms with Crippen LogP contribution in [0.15, 0.2) is 41.7 Å². The van der Waals surface area contributed by atoms with E-state index < -0.39 is 15.7 Å². The minimum absolute atomic E-state index is 0.00619. The smallest absolute Gasteiger partial charge is 0.407 e. The van der Waals surface area contributed by atoms with Crippen molar-refractivity contribution in [2.24, 2.45) is 0 Å². The van der Waals surface area contributed by atoms with Crippen LogP contribution in [-0.4, -0.2) is 46.9 Å². The van der Waals surface area contributed by atoms with Crippen molar-refractivity contribution in [1.29, 1.82) is 0 Å². The van der Waals surface area contributed by atoms with Gasteiger partial charge >= 0.3 is 6.09 Å². The minimum Gasteiger partial charge on any atom is -0.443 e. The molecular weight excluding hydrogens is 485 g/mol. The maximum atomic E-state index is 14.6. The molecule has 1 aromatic carbocycles. The van der Waals surface area contributed by atoms with Gasteiger partial charge in [-0.2, -0.15) is 0 Å². The second-order valence-corrected chi connectivity index (χ2v) is 12.1. The van der Waals surface area contributed by atoms with Crippen LogP contribution in [0.1, 0.15) is 57.9 Å². The Labute approximate surface area is 209 Å². The fourth-order valence-electron chi connectivity index (χ4n) is 4.74. The Morgan fingerprint density at radius 2 is 1.97 bits per heavy atom. The fraction of sp³-hybridized carbons (Fsp3) is 0.480. The molecule has 2 aliphatic rings. The lowest BCUT2D eigenvalue weighted by Crippen LogP contribution is -2.38. The van der Waals surface area contributed by atoms with Gasteiger partial charge in [0.25, 0.3) is 0 Å². The first-order chi connectivity index (χ1) is 17.1. The van der Waals surface area contributed by atoms with Gasteiger partial charge in [0.2, 0.25) is 0 Å². The van der Waals surface area contributed by atoms with Crippen molar-refractivity contribution < 1.29 is 22.3 Å². The number of carbonyl (C=O) groups excluding carboxylic acids is 1. The number of hydrogen-bond acceptors (Lipinski definition) is 7. The Morgan fingerprint density at radius 3 is 2.69 bits per heavy atom. The number of halogens is 1. The molecule has 2 aromatic heterocycles. The number of nitrogens with zero attached hydrogens (tertiary/aromatic N) is 3. The van der Waals surface area contributed by atoms with E-state index in [1.165, 1.54) is 18.5 Å². The van der Waals surface area contributed by atoms with E-state index in [0.717, 1.165) is 62.7 Å². The zero-order chi connectivity index (χ0) is 25.5. The van der Waals surface area contributed by atoms with Crippen LogP contribution < -0.4 is 10.6 Å². The number of anilines is 2. The third kappa shape index (κ3) is 5.30. The highest BCUT2D eigenvalue weighted by Crippen LogP contribution is 2.39. The molecule has 0 radical (unpaired) electrons. The van der Waals surface area contributed by atoms with E-state index in [9.17, 15) is 17.6 Å². The van der Waals surface area contributed by atoms with Gasteiger partial charge in [0.05, 0.1) is 16.0 Å². The van der Waals surface area contributed by atoms with Crippen molar-refractivity contribution in [2.45, 2.75) is 74.4 Å². The van der Waals surface area contributed by atoms with Crippen molar-refractivity contribution >= 4 is 38.5 Å². The van der Waals surface area contributed by atoms with Gasteiger partial charge in [-0.1, -0.05) is 12.8 Å². The lowest BCUT2D eigenvalue weighted by molar-refractivity contribution is 0.0892. The topological polar surface area (TPSA) is 115 Å². The number of rotatable bonds is 6. The van der Waals surface area contributed by atoms with E-state index in [1.807, 2.05) is 19.2 Å². The summed E-state index contributed by atoms with van der Waals surface area (Å²) in [7, 11) is -3.51. The summed E-state index contributed by atoms with van der Waals surface area (Å²) in [6, 6.07) is 5.76. The monoisotopic (exact) mass is 515 g/mol. The number of nitrogens with one attached hydrogen (secondary N) is 2. The molecular formula is C25H30FN5O4S. The van der Waals surface area contributed by atoms with Gasteiger partial charge in [-0.3, -0.25) is 0 Å². The Morgan fingerprint density at radius 1 is 1.19 bits per heavy atom. The van der Waals surface area contributed by atoms with Crippen LogP contribution in [-0.2, 0) is 14.6 Å². The first kappa shape index (κ1) is 24.5. The van der Waals surface area contributed by atoms with Crippen LogP contribution in [0.2, 0.25) is 0 Å². The van der Waals surface area contributed by atoms with E-state index >= 15 is 0 Å². The predicted molar refractivity (Wildman–Crippen MR) is 133 cm³/mol. The van der Waals surface area contributed by atoms with Crippen molar-refractivity contribution in [2.75, 3.05) is 11.6 Å². The molecule has 0 saturated heterocycles. The molecule has 0 bridgehead atoms. The van der Waals surface area contributed by atoms with Crippen molar-refractivity contribution in [3.63, 3.8) is 0 Å². The average molecular weight is 516 g/mol.